The molecule has 4 heteroatoms. The highest BCUT2D eigenvalue weighted by molar-refractivity contribution is 5.56. The second-order valence-corrected chi connectivity index (χ2v) is 2.91. The number of hydrogen-bond acceptors (Lipinski definition) is 4. The summed E-state index contributed by atoms with van der Waals surface area (Å²) in [5, 5.41) is 20.7. The fourth-order valence-electron chi connectivity index (χ4n) is 1.13. The average molecular weight is 197 g/mol. The smallest absolute Gasteiger partial charge is 0.141 e. The van der Waals surface area contributed by atoms with E-state index in [1.54, 1.807) is 7.11 Å². The van der Waals surface area contributed by atoms with Crippen molar-refractivity contribution in [2.24, 2.45) is 0 Å². The zero-order valence-corrected chi connectivity index (χ0v) is 8.10. The molecule has 14 heavy (non-hydrogen) atoms. The van der Waals surface area contributed by atoms with Crippen LogP contribution in [0.25, 0.3) is 0 Å². The molecule has 0 atom stereocenters. The Labute approximate surface area is 83.1 Å². The average Bonchev–Trinajstić information content (AvgIpc) is 2.26. The number of aliphatic hydroxyl groups is 2. The quantitative estimate of drug-likeness (QED) is 0.641. The van der Waals surface area contributed by atoms with Gasteiger partial charge in [-0.25, -0.2) is 0 Å². The molecule has 0 aliphatic rings. The van der Waals surface area contributed by atoms with Gasteiger partial charge in [-0.05, 0) is 12.1 Å². The highest BCUT2D eigenvalue weighted by atomic mass is 16.5. The molecule has 0 amide bonds. The molecule has 0 spiro atoms. The summed E-state index contributed by atoms with van der Waals surface area (Å²) in [5.41, 5.74) is 0.767. The molecule has 1 rings (SSSR count). The number of hydrogen-bond donors (Lipinski definition) is 3. The van der Waals surface area contributed by atoms with Crippen molar-refractivity contribution in [1.29, 1.82) is 0 Å². The highest BCUT2D eigenvalue weighted by Gasteiger charge is 2.07. The largest absolute Gasteiger partial charge is 0.495 e. The third kappa shape index (κ3) is 2.61. The van der Waals surface area contributed by atoms with Crippen molar-refractivity contribution < 1.29 is 14.9 Å². The molecule has 78 valence electrons. The van der Waals surface area contributed by atoms with Gasteiger partial charge >= 0.3 is 0 Å². The molecule has 0 aromatic heterocycles. The molecule has 0 fully saturated rings. The zero-order valence-electron chi connectivity index (χ0n) is 8.10. The Kier molecular flexibility index (Phi) is 4.22. The van der Waals surface area contributed by atoms with Crippen molar-refractivity contribution in [3.63, 3.8) is 0 Å². The van der Waals surface area contributed by atoms with Crippen LogP contribution in [-0.4, -0.2) is 36.6 Å². The van der Waals surface area contributed by atoms with Crippen molar-refractivity contribution in [3.8, 4) is 5.75 Å². The molecule has 0 radical (unpaired) electrons. The molecule has 0 aliphatic heterocycles. The Bertz CT molecular complexity index is 274. The number of aliphatic hydroxyl groups excluding tert-OH is 2. The van der Waals surface area contributed by atoms with Crippen LogP contribution in [-0.2, 0) is 0 Å². The first-order valence-corrected chi connectivity index (χ1v) is 4.43. The zero-order chi connectivity index (χ0) is 10.4. The van der Waals surface area contributed by atoms with Gasteiger partial charge in [0, 0.05) is 0 Å². The van der Waals surface area contributed by atoms with E-state index in [2.05, 4.69) is 5.32 Å². The van der Waals surface area contributed by atoms with Crippen molar-refractivity contribution in [2.75, 3.05) is 25.6 Å². The van der Waals surface area contributed by atoms with Crippen LogP contribution in [0.5, 0.6) is 5.75 Å². The van der Waals surface area contributed by atoms with E-state index in [9.17, 15) is 0 Å². The minimum Gasteiger partial charge on any atom is -0.495 e. The second kappa shape index (κ2) is 5.47. The summed E-state index contributed by atoms with van der Waals surface area (Å²) in [4.78, 5) is 0. The molecular weight excluding hydrogens is 182 g/mol. The third-order valence-electron chi connectivity index (χ3n) is 1.91. The SMILES string of the molecule is COc1ccccc1NC(CO)CO. The van der Waals surface area contributed by atoms with Gasteiger partial charge in [0.15, 0.2) is 0 Å². The number of methoxy groups -OCH3 is 1. The van der Waals surface area contributed by atoms with Crippen LogP contribution in [0, 0.1) is 0 Å². The molecule has 0 aliphatic carbocycles. The van der Waals surface area contributed by atoms with E-state index in [1.807, 2.05) is 24.3 Å². The lowest BCUT2D eigenvalue weighted by molar-refractivity contribution is 0.203. The normalized spacial score (nSPS) is 10.3. The van der Waals surface area contributed by atoms with Gasteiger partial charge in [-0.2, -0.15) is 0 Å². The van der Waals surface area contributed by atoms with Crippen LogP contribution in [0.2, 0.25) is 0 Å². The summed E-state index contributed by atoms with van der Waals surface area (Å²) >= 11 is 0. The Balaban J connectivity index is 2.74. The molecule has 0 heterocycles. The van der Waals surface area contributed by atoms with Crippen LogP contribution < -0.4 is 10.1 Å². The van der Waals surface area contributed by atoms with E-state index in [4.69, 9.17) is 14.9 Å². The maximum atomic E-state index is 8.89. The molecule has 0 bridgehead atoms. The monoisotopic (exact) mass is 197 g/mol. The summed E-state index contributed by atoms with van der Waals surface area (Å²) in [5.74, 6) is 0.694. The lowest BCUT2D eigenvalue weighted by Gasteiger charge is -2.16. The summed E-state index contributed by atoms with van der Waals surface area (Å²) in [6.45, 7) is -0.233. The lowest BCUT2D eigenvalue weighted by Crippen LogP contribution is -2.27. The van der Waals surface area contributed by atoms with Crippen molar-refractivity contribution in [1.82, 2.24) is 0 Å². The van der Waals surface area contributed by atoms with Crippen LogP contribution in [0.1, 0.15) is 0 Å². The topological polar surface area (TPSA) is 61.7 Å². The van der Waals surface area contributed by atoms with Crippen LogP contribution in [0.4, 0.5) is 5.69 Å². The Morgan fingerprint density at radius 2 is 1.93 bits per heavy atom. The fourth-order valence-corrected chi connectivity index (χ4v) is 1.13. The lowest BCUT2D eigenvalue weighted by atomic mass is 10.2. The summed E-state index contributed by atoms with van der Waals surface area (Å²) < 4.78 is 5.11. The van der Waals surface area contributed by atoms with Crippen LogP contribution in [0.3, 0.4) is 0 Å². The van der Waals surface area contributed by atoms with Crippen LogP contribution >= 0.6 is 0 Å². The minimum absolute atomic E-state index is 0.117. The highest BCUT2D eigenvalue weighted by Crippen LogP contribution is 2.23. The molecule has 0 saturated heterocycles. The molecule has 1 aromatic rings. The molecule has 4 nitrogen and oxygen atoms in total. The number of rotatable bonds is 5. The van der Waals surface area contributed by atoms with Gasteiger partial charge in [-0.15, -0.1) is 0 Å². The van der Waals surface area contributed by atoms with Gasteiger partial charge in [-0.3, -0.25) is 0 Å². The Hall–Kier alpha value is -1.26. The molecule has 1 aromatic carbocycles. The first-order valence-electron chi connectivity index (χ1n) is 4.43. The van der Waals surface area contributed by atoms with Gasteiger partial charge in [0.2, 0.25) is 0 Å². The number of para-hydroxylation sites is 2. The summed E-state index contributed by atoms with van der Waals surface area (Å²) in [7, 11) is 1.58. The van der Waals surface area contributed by atoms with E-state index in [0.717, 1.165) is 5.69 Å². The molecule has 0 saturated carbocycles. The first-order chi connectivity index (χ1) is 6.81. The predicted molar refractivity (Wildman–Crippen MR) is 54.6 cm³/mol. The number of ether oxygens (including phenoxy) is 1. The van der Waals surface area contributed by atoms with Crippen LogP contribution in [0.15, 0.2) is 24.3 Å². The Morgan fingerprint density at radius 3 is 2.50 bits per heavy atom. The number of nitrogens with one attached hydrogen (secondary N) is 1. The maximum Gasteiger partial charge on any atom is 0.141 e. The van der Waals surface area contributed by atoms with Gasteiger partial charge in [0.1, 0.15) is 5.75 Å². The summed E-state index contributed by atoms with van der Waals surface area (Å²) in [6, 6.07) is 7.00. The summed E-state index contributed by atoms with van der Waals surface area (Å²) in [6.07, 6.45) is 0. The van der Waals surface area contributed by atoms with E-state index in [1.165, 1.54) is 0 Å². The van der Waals surface area contributed by atoms with Gasteiger partial charge in [0.05, 0.1) is 32.1 Å². The Morgan fingerprint density at radius 1 is 1.29 bits per heavy atom. The van der Waals surface area contributed by atoms with E-state index >= 15 is 0 Å². The number of anilines is 1. The standard InChI is InChI=1S/C10H15NO3/c1-14-10-5-3-2-4-9(10)11-8(6-12)7-13/h2-5,8,11-13H,6-7H2,1H3. The van der Waals surface area contributed by atoms with E-state index < -0.39 is 0 Å². The number of benzene rings is 1. The minimum atomic E-state index is -0.355. The third-order valence-corrected chi connectivity index (χ3v) is 1.91. The van der Waals surface area contributed by atoms with Gasteiger partial charge < -0.3 is 20.3 Å². The van der Waals surface area contributed by atoms with E-state index in [-0.39, 0.29) is 19.3 Å². The molecule has 3 N–H and O–H groups in total. The van der Waals surface area contributed by atoms with Crippen molar-refractivity contribution in [3.05, 3.63) is 24.3 Å². The van der Waals surface area contributed by atoms with Gasteiger partial charge in [-0.1, -0.05) is 12.1 Å². The second-order valence-electron chi connectivity index (χ2n) is 2.91. The van der Waals surface area contributed by atoms with Gasteiger partial charge in [0.25, 0.3) is 0 Å². The van der Waals surface area contributed by atoms with Crippen molar-refractivity contribution >= 4 is 5.69 Å². The maximum absolute atomic E-state index is 8.89. The molecular formula is C10H15NO3. The fraction of sp³-hybridized carbons (Fsp3) is 0.400. The first kappa shape index (κ1) is 10.8. The predicted octanol–water partition coefficient (Wildman–Crippen LogP) is 0.460. The van der Waals surface area contributed by atoms with Crippen molar-refractivity contribution in [2.45, 2.75) is 6.04 Å². The molecule has 0 unspecified atom stereocenters. The van der Waals surface area contributed by atoms with E-state index in [0.29, 0.717) is 5.75 Å².